The molecule has 3 rings (SSSR count). The molecule has 1 heterocycles. The molecular formula is C20H24ClN3O2. The highest BCUT2D eigenvalue weighted by Crippen LogP contribution is 2.31. The number of methoxy groups -OCH3 is 1. The summed E-state index contributed by atoms with van der Waals surface area (Å²) in [5.41, 5.74) is 2.73. The predicted molar refractivity (Wildman–Crippen MR) is 105 cm³/mol. The van der Waals surface area contributed by atoms with Crippen LogP contribution >= 0.6 is 11.6 Å². The summed E-state index contributed by atoms with van der Waals surface area (Å²) in [6.45, 7) is 1.88. The van der Waals surface area contributed by atoms with Crippen molar-refractivity contribution in [1.82, 2.24) is 4.98 Å². The third-order valence-electron chi connectivity index (χ3n) is 4.70. The van der Waals surface area contributed by atoms with E-state index < -0.39 is 0 Å². The lowest BCUT2D eigenvalue weighted by molar-refractivity contribution is 0.102. The number of hydrogen-bond acceptors (Lipinski definition) is 4. The Bertz CT molecular complexity index is 789. The van der Waals surface area contributed by atoms with Crippen LogP contribution in [0.3, 0.4) is 0 Å². The quantitative estimate of drug-likeness (QED) is 0.769. The molecule has 138 valence electrons. The second-order valence-corrected chi connectivity index (χ2v) is 7.07. The molecular weight excluding hydrogens is 350 g/mol. The number of benzene rings is 1. The zero-order valence-electron chi connectivity index (χ0n) is 15.1. The largest absolute Gasteiger partial charge is 0.495 e. The molecule has 1 amide bonds. The van der Waals surface area contributed by atoms with Gasteiger partial charge in [-0.15, -0.1) is 0 Å². The zero-order chi connectivity index (χ0) is 18.5. The van der Waals surface area contributed by atoms with Gasteiger partial charge >= 0.3 is 0 Å². The third kappa shape index (κ3) is 4.47. The van der Waals surface area contributed by atoms with Crippen LogP contribution in [0.2, 0.25) is 5.02 Å². The molecule has 0 bridgehead atoms. The van der Waals surface area contributed by atoms with Crippen LogP contribution in [-0.4, -0.2) is 24.0 Å². The number of amides is 1. The fraction of sp³-hybridized carbons (Fsp3) is 0.400. The lowest BCUT2D eigenvalue weighted by Crippen LogP contribution is -2.22. The molecule has 2 N–H and O–H groups in total. The average molecular weight is 374 g/mol. The summed E-state index contributed by atoms with van der Waals surface area (Å²) < 4.78 is 5.31. The van der Waals surface area contributed by atoms with Crippen molar-refractivity contribution >= 4 is 28.9 Å². The van der Waals surface area contributed by atoms with Gasteiger partial charge in [-0.25, -0.2) is 0 Å². The fourth-order valence-electron chi connectivity index (χ4n) is 3.24. The predicted octanol–water partition coefficient (Wildman–Crippen LogP) is 5.05. The SMILES string of the molecule is COc1cc(Cl)c(C)cc1NC(=O)c1cc(NC2CCCCC2)ccn1. The minimum atomic E-state index is -0.280. The number of rotatable bonds is 5. The van der Waals surface area contributed by atoms with Crippen molar-refractivity contribution in [2.75, 3.05) is 17.7 Å². The lowest BCUT2D eigenvalue weighted by atomic mass is 9.95. The first kappa shape index (κ1) is 18.5. The van der Waals surface area contributed by atoms with Crippen LogP contribution in [0.4, 0.5) is 11.4 Å². The molecule has 1 aliphatic carbocycles. The number of nitrogens with zero attached hydrogens (tertiary/aromatic N) is 1. The number of aromatic nitrogens is 1. The molecule has 0 spiro atoms. The van der Waals surface area contributed by atoms with E-state index in [1.807, 2.05) is 13.0 Å². The molecule has 0 unspecified atom stereocenters. The zero-order valence-corrected chi connectivity index (χ0v) is 15.9. The molecule has 1 fully saturated rings. The van der Waals surface area contributed by atoms with E-state index in [0.29, 0.717) is 28.2 Å². The van der Waals surface area contributed by atoms with Crippen LogP contribution in [0.25, 0.3) is 0 Å². The topological polar surface area (TPSA) is 63.2 Å². The Kier molecular flexibility index (Phi) is 5.99. The smallest absolute Gasteiger partial charge is 0.274 e. The fourth-order valence-corrected chi connectivity index (χ4v) is 3.40. The number of ether oxygens (including phenoxy) is 1. The van der Waals surface area contributed by atoms with Crippen LogP contribution in [0.5, 0.6) is 5.75 Å². The van der Waals surface area contributed by atoms with Crippen molar-refractivity contribution < 1.29 is 9.53 Å². The Morgan fingerprint density at radius 3 is 2.73 bits per heavy atom. The van der Waals surface area contributed by atoms with E-state index in [1.165, 1.54) is 32.1 Å². The molecule has 2 aromatic rings. The first-order valence-corrected chi connectivity index (χ1v) is 9.32. The molecule has 0 saturated heterocycles. The van der Waals surface area contributed by atoms with E-state index in [9.17, 15) is 4.79 Å². The third-order valence-corrected chi connectivity index (χ3v) is 5.10. The molecule has 0 atom stereocenters. The van der Waals surface area contributed by atoms with Gasteiger partial charge in [-0.2, -0.15) is 0 Å². The number of carbonyl (C=O) groups excluding carboxylic acids is 1. The summed E-state index contributed by atoms with van der Waals surface area (Å²) in [6, 6.07) is 7.66. The number of carbonyl (C=O) groups is 1. The summed E-state index contributed by atoms with van der Waals surface area (Å²) in [5, 5.41) is 6.97. The van der Waals surface area contributed by atoms with E-state index in [0.717, 1.165) is 11.3 Å². The van der Waals surface area contributed by atoms with Gasteiger partial charge in [-0.05, 0) is 43.5 Å². The maximum atomic E-state index is 12.6. The molecule has 5 nitrogen and oxygen atoms in total. The van der Waals surface area contributed by atoms with E-state index in [1.54, 1.807) is 31.5 Å². The molecule has 1 aliphatic rings. The lowest BCUT2D eigenvalue weighted by Gasteiger charge is -2.23. The first-order chi connectivity index (χ1) is 12.6. The van der Waals surface area contributed by atoms with Crippen molar-refractivity contribution in [2.45, 2.75) is 45.1 Å². The van der Waals surface area contributed by atoms with Gasteiger partial charge in [0.2, 0.25) is 0 Å². The Hall–Kier alpha value is -2.27. The summed E-state index contributed by atoms with van der Waals surface area (Å²) in [5.74, 6) is 0.239. The van der Waals surface area contributed by atoms with E-state index in [2.05, 4.69) is 15.6 Å². The molecule has 6 heteroatoms. The first-order valence-electron chi connectivity index (χ1n) is 8.95. The van der Waals surface area contributed by atoms with Crippen molar-refractivity contribution in [3.8, 4) is 5.75 Å². The van der Waals surface area contributed by atoms with Crippen molar-refractivity contribution in [3.05, 3.63) is 46.7 Å². The average Bonchev–Trinajstić information content (AvgIpc) is 2.65. The van der Waals surface area contributed by atoms with Crippen molar-refractivity contribution in [2.24, 2.45) is 0 Å². The molecule has 1 saturated carbocycles. The van der Waals surface area contributed by atoms with Gasteiger partial charge in [0.05, 0.1) is 12.8 Å². The van der Waals surface area contributed by atoms with Gasteiger partial charge in [0, 0.05) is 29.0 Å². The van der Waals surface area contributed by atoms with Gasteiger partial charge in [0.15, 0.2) is 0 Å². The van der Waals surface area contributed by atoms with Gasteiger partial charge < -0.3 is 15.4 Å². The second kappa shape index (κ2) is 8.41. The Labute approximate surface area is 159 Å². The standard InChI is InChI=1S/C20H24ClN3O2/c1-13-10-17(19(26-2)12-16(13)21)24-20(25)18-11-15(8-9-22-18)23-14-6-4-3-5-7-14/h8-12,14H,3-7H2,1-2H3,(H,22,23)(H,24,25). The maximum Gasteiger partial charge on any atom is 0.274 e. The van der Waals surface area contributed by atoms with Crippen LogP contribution < -0.4 is 15.4 Å². The van der Waals surface area contributed by atoms with Gasteiger partial charge in [-0.1, -0.05) is 30.9 Å². The molecule has 1 aromatic carbocycles. The van der Waals surface area contributed by atoms with E-state index in [4.69, 9.17) is 16.3 Å². The van der Waals surface area contributed by atoms with Crippen LogP contribution in [-0.2, 0) is 0 Å². The normalized spacial score (nSPS) is 14.7. The maximum absolute atomic E-state index is 12.6. The molecule has 0 aliphatic heterocycles. The Morgan fingerprint density at radius 2 is 2.00 bits per heavy atom. The van der Waals surface area contributed by atoms with E-state index in [-0.39, 0.29) is 5.91 Å². The summed E-state index contributed by atoms with van der Waals surface area (Å²) in [6.07, 6.45) is 7.82. The highest BCUT2D eigenvalue weighted by atomic mass is 35.5. The van der Waals surface area contributed by atoms with E-state index >= 15 is 0 Å². The number of nitrogens with one attached hydrogen (secondary N) is 2. The second-order valence-electron chi connectivity index (χ2n) is 6.66. The summed E-state index contributed by atoms with van der Waals surface area (Å²) >= 11 is 6.12. The summed E-state index contributed by atoms with van der Waals surface area (Å²) in [7, 11) is 1.55. The van der Waals surface area contributed by atoms with Crippen molar-refractivity contribution in [1.29, 1.82) is 0 Å². The molecule has 1 aromatic heterocycles. The van der Waals surface area contributed by atoms with Crippen LogP contribution in [0, 0.1) is 6.92 Å². The number of aryl methyl sites for hydroxylation is 1. The van der Waals surface area contributed by atoms with Crippen LogP contribution in [0.15, 0.2) is 30.5 Å². The molecule has 0 radical (unpaired) electrons. The Morgan fingerprint density at radius 1 is 1.23 bits per heavy atom. The van der Waals surface area contributed by atoms with Gasteiger partial charge in [0.1, 0.15) is 11.4 Å². The molecule has 26 heavy (non-hydrogen) atoms. The van der Waals surface area contributed by atoms with Crippen LogP contribution in [0.1, 0.15) is 48.2 Å². The van der Waals surface area contributed by atoms with Gasteiger partial charge in [0.25, 0.3) is 5.91 Å². The van der Waals surface area contributed by atoms with Crippen molar-refractivity contribution in [3.63, 3.8) is 0 Å². The number of pyridine rings is 1. The monoisotopic (exact) mass is 373 g/mol. The highest BCUT2D eigenvalue weighted by Gasteiger charge is 2.16. The minimum Gasteiger partial charge on any atom is -0.495 e. The van der Waals surface area contributed by atoms with Gasteiger partial charge in [-0.3, -0.25) is 9.78 Å². The Balaban J connectivity index is 1.74. The highest BCUT2D eigenvalue weighted by molar-refractivity contribution is 6.31. The summed E-state index contributed by atoms with van der Waals surface area (Å²) in [4.78, 5) is 16.8. The minimum absolute atomic E-state index is 0.280. The number of hydrogen-bond donors (Lipinski definition) is 2. The number of anilines is 2. The number of halogens is 1.